The minimum atomic E-state index is -0.0447. The van der Waals surface area contributed by atoms with E-state index in [0.717, 1.165) is 35.4 Å². The molecule has 2 fully saturated rings. The van der Waals surface area contributed by atoms with E-state index in [1.807, 2.05) is 50.4 Å². The average Bonchev–Trinajstić information content (AvgIpc) is 3.43. The van der Waals surface area contributed by atoms with Crippen LogP contribution in [0.4, 0.5) is 0 Å². The highest BCUT2D eigenvalue weighted by Gasteiger charge is 2.31. The number of rotatable bonds is 6. The van der Waals surface area contributed by atoms with Crippen LogP contribution in [0.5, 0.6) is 5.75 Å². The number of methoxy groups -OCH3 is 1. The highest BCUT2D eigenvalue weighted by molar-refractivity contribution is 5.79. The summed E-state index contributed by atoms with van der Waals surface area (Å²) in [7, 11) is 1.63. The average molecular weight is 449 g/mol. The van der Waals surface area contributed by atoms with Crippen LogP contribution in [0.25, 0.3) is 11.2 Å². The summed E-state index contributed by atoms with van der Waals surface area (Å²) in [6.45, 7) is 1.96. The molecule has 7 heteroatoms. The molecule has 1 saturated carbocycles. The summed E-state index contributed by atoms with van der Waals surface area (Å²) in [6, 6.07) is 11.5. The number of carbonyl (C=O) groups excluding carboxylic acids is 1. The van der Waals surface area contributed by atoms with Gasteiger partial charge in [-0.05, 0) is 55.0 Å². The summed E-state index contributed by atoms with van der Waals surface area (Å²) in [4.78, 5) is 33.0. The number of aromatic nitrogens is 3. The predicted octanol–water partition coefficient (Wildman–Crippen LogP) is 3.80. The summed E-state index contributed by atoms with van der Waals surface area (Å²) in [6.07, 6.45) is 9.04. The first-order chi connectivity index (χ1) is 16.1. The highest BCUT2D eigenvalue weighted by atomic mass is 16.5. The lowest BCUT2D eigenvalue weighted by atomic mass is 9.89. The Morgan fingerprint density at radius 2 is 1.97 bits per heavy atom. The molecule has 2 aliphatic rings. The van der Waals surface area contributed by atoms with E-state index in [9.17, 15) is 9.59 Å². The molecule has 0 spiro atoms. The fourth-order valence-corrected chi connectivity index (χ4v) is 5.49. The Labute approximate surface area is 194 Å². The Balaban J connectivity index is 1.36. The number of pyridine rings is 1. The van der Waals surface area contributed by atoms with Crippen LogP contribution in [-0.4, -0.2) is 45.1 Å². The second-order valence-corrected chi connectivity index (χ2v) is 9.42. The number of nitrogens with zero attached hydrogens (tertiary/aromatic N) is 4. The van der Waals surface area contributed by atoms with Gasteiger partial charge in [-0.2, -0.15) is 0 Å². The number of likely N-dealkylation sites (tertiary alicyclic amines) is 1. The van der Waals surface area contributed by atoms with Gasteiger partial charge in [0.1, 0.15) is 5.75 Å². The minimum absolute atomic E-state index is 0.0152. The Morgan fingerprint density at radius 3 is 2.79 bits per heavy atom. The quantitative estimate of drug-likeness (QED) is 0.575. The summed E-state index contributed by atoms with van der Waals surface area (Å²) >= 11 is 0. The number of fused-ring (bicyclic) bond motifs is 1. The molecule has 0 bridgehead atoms. The van der Waals surface area contributed by atoms with Crippen molar-refractivity contribution in [3.8, 4) is 5.75 Å². The minimum Gasteiger partial charge on any atom is -0.497 e. The van der Waals surface area contributed by atoms with Crippen LogP contribution in [0.1, 0.15) is 50.1 Å². The highest BCUT2D eigenvalue weighted by Crippen LogP contribution is 2.28. The number of ether oxygens (including phenoxy) is 1. The third-order valence-corrected chi connectivity index (χ3v) is 7.26. The molecule has 174 valence electrons. The van der Waals surface area contributed by atoms with Gasteiger partial charge in [-0.1, -0.05) is 31.4 Å². The Morgan fingerprint density at radius 1 is 1.12 bits per heavy atom. The second-order valence-electron chi connectivity index (χ2n) is 9.42. The number of hydrogen-bond donors (Lipinski definition) is 0. The first kappa shape index (κ1) is 21.7. The second kappa shape index (κ2) is 9.41. The Bertz CT molecular complexity index is 1190. The van der Waals surface area contributed by atoms with E-state index < -0.39 is 0 Å². The molecular formula is C26H32N4O3. The summed E-state index contributed by atoms with van der Waals surface area (Å²) in [5.41, 5.74) is 2.60. The topological polar surface area (TPSA) is 69.4 Å². The lowest BCUT2D eigenvalue weighted by Gasteiger charge is -2.21. The molecule has 3 aromatic rings. The van der Waals surface area contributed by atoms with E-state index in [1.54, 1.807) is 13.3 Å². The molecule has 1 atom stereocenters. The van der Waals surface area contributed by atoms with E-state index in [-0.39, 0.29) is 17.6 Å². The molecule has 7 nitrogen and oxygen atoms in total. The zero-order valence-corrected chi connectivity index (χ0v) is 19.3. The summed E-state index contributed by atoms with van der Waals surface area (Å²) in [5, 5.41) is 0. The molecule has 2 aromatic heterocycles. The zero-order chi connectivity index (χ0) is 22.8. The zero-order valence-electron chi connectivity index (χ0n) is 19.3. The van der Waals surface area contributed by atoms with Gasteiger partial charge in [-0.25, -0.2) is 9.78 Å². The van der Waals surface area contributed by atoms with Gasteiger partial charge in [0.05, 0.1) is 25.1 Å². The number of amides is 1. The molecule has 1 amide bonds. The van der Waals surface area contributed by atoms with Crippen LogP contribution in [0.3, 0.4) is 0 Å². The normalized spacial score (nSPS) is 19.3. The van der Waals surface area contributed by atoms with Gasteiger partial charge in [0.15, 0.2) is 5.65 Å². The van der Waals surface area contributed by atoms with Gasteiger partial charge in [0.25, 0.3) is 0 Å². The van der Waals surface area contributed by atoms with Crippen molar-refractivity contribution in [2.75, 3.05) is 20.2 Å². The van der Waals surface area contributed by atoms with Crippen LogP contribution in [0.2, 0.25) is 0 Å². The lowest BCUT2D eigenvalue weighted by molar-refractivity contribution is -0.129. The third kappa shape index (κ3) is 4.41. The van der Waals surface area contributed by atoms with E-state index in [1.165, 1.54) is 32.1 Å². The molecule has 1 aliphatic carbocycles. The van der Waals surface area contributed by atoms with Gasteiger partial charge in [0, 0.05) is 25.8 Å². The van der Waals surface area contributed by atoms with Crippen molar-refractivity contribution in [2.45, 2.75) is 57.5 Å². The first-order valence-corrected chi connectivity index (χ1v) is 12.1. The monoisotopic (exact) mass is 448 g/mol. The van der Waals surface area contributed by atoms with Crippen LogP contribution < -0.4 is 10.4 Å². The van der Waals surface area contributed by atoms with Gasteiger partial charge in [0.2, 0.25) is 5.91 Å². The van der Waals surface area contributed by atoms with Crippen molar-refractivity contribution in [3.05, 3.63) is 58.6 Å². The predicted molar refractivity (Wildman–Crippen MR) is 128 cm³/mol. The molecule has 0 N–H and O–H groups in total. The van der Waals surface area contributed by atoms with Crippen molar-refractivity contribution < 1.29 is 9.53 Å². The van der Waals surface area contributed by atoms with Crippen LogP contribution in [-0.2, 0) is 17.8 Å². The largest absolute Gasteiger partial charge is 0.497 e. The SMILES string of the molecule is COc1cccc(CC(=O)N2CC[C@@H](n3c(=O)n(CC4CCCCC4)c4cccnc43)C2)c1. The first-order valence-electron chi connectivity index (χ1n) is 12.1. The third-order valence-electron chi connectivity index (χ3n) is 7.26. The molecular weight excluding hydrogens is 416 g/mol. The molecule has 1 saturated heterocycles. The maximum absolute atomic E-state index is 13.6. The van der Waals surface area contributed by atoms with Crippen molar-refractivity contribution >= 4 is 17.1 Å². The smallest absolute Gasteiger partial charge is 0.330 e. The van der Waals surface area contributed by atoms with Crippen LogP contribution >= 0.6 is 0 Å². The number of hydrogen-bond acceptors (Lipinski definition) is 4. The molecule has 3 heterocycles. The molecule has 0 radical (unpaired) electrons. The standard InChI is InChI=1S/C26H32N4O3/c1-33-22-10-5-9-20(15-22)16-24(31)28-14-12-21(18-28)30-25-23(11-6-13-27-25)29(26(30)32)17-19-7-3-2-4-8-19/h5-6,9-11,13,15,19,21H,2-4,7-8,12,14,16-18H2,1H3/t21-/m1/s1. The molecule has 1 aromatic carbocycles. The maximum atomic E-state index is 13.6. The number of carbonyl (C=O) groups is 1. The Hall–Kier alpha value is -3.09. The van der Waals surface area contributed by atoms with Crippen LogP contribution in [0.15, 0.2) is 47.4 Å². The van der Waals surface area contributed by atoms with E-state index in [0.29, 0.717) is 25.4 Å². The molecule has 1 aliphatic heterocycles. The Kier molecular flexibility index (Phi) is 6.20. The number of benzene rings is 1. The summed E-state index contributed by atoms with van der Waals surface area (Å²) in [5.74, 6) is 1.39. The molecule has 33 heavy (non-hydrogen) atoms. The van der Waals surface area contributed by atoms with Gasteiger partial charge in [-0.3, -0.25) is 13.9 Å². The van der Waals surface area contributed by atoms with E-state index >= 15 is 0 Å². The summed E-state index contributed by atoms with van der Waals surface area (Å²) < 4.78 is 9.05. The maximum Gasteiger partial charge on any atom is 0.330 e. The molecule has 0 unspecified atom stereocenters. The molecule has 5 rings (SSSR count). The van der Waals surface area contributed by atoms with Crippen molar-refractivity contribution in [1.82, 2.24) is 19.0 Å². The van der Waals surface area contributed by atoms with Gasteiger partial charge in [-0.15, -0.1) is 0 Å². The van der Waals surface area contributed by atoms with Crippen molar-refractivity contribution in [3.63, 3.8) is 0 Å². The van der Waals surface area contributed by atoms with Crippen molar-refractivity contribution in [1.29, 1.82) is 0 Å². The fraction of sp³-hybridized carbons (Fsp3) is 0.500. The van der Waals surface area contributed by atoms with Gasteiger partial charge < -0.3 is 9.64 Å². The van der Waals surface area contributed by atoms with Crippen molar-refractivity contribution in [2.24, 2.45) is 5.92 Å². The lowest BCUT2D eigenvalue weighted by Crippen LogP contribution is -2.33. The van der Waals surface area contributed by atoms with Gasteiger partial charge >= 0.3 is 5.69 Å². The number of imidazole rings is 1. The van der Waals surface area contributed by atoms with E-state index in [2.05, 4.69) is 4.98 Å². The van der Waals surface area contributed by atoms with Crippen LogP contribution in [0, 0.1) is 5.92 Å². The fourth-order valence-electron chi connectivity index (χ4n) is 5.49. The van der Waals surface area contributed by atoms with E-state index in [4.69, 9.17) is 4.74 Å².